The Labute approximate surface area is 261 Å². The third-order valence-corrected chi connectivity index (χ3v) is 9.35. The maximum Gasteiger partial charge on any atom is 0.251 e. The zero-order chi connectivity index (χ0) is 30.9. The van der Waals surface area contributed by atoms with Crippen molar-refractivity contribution in [2.24, 2.45) is 0 Å². The van der Waals surface area contributed by atoms with Gasteiger partial charge in [-0.1, -0.05) is 62.4 Å². The van der Waals surface area contributed by atoms with Gasteiger partial charge in [-0.05, 0) is 69.2 Å². The molecule has 5 rings (SSSR count). The van der Waals surface area contributed by atoms with E-state index in [1.165, 1.54) is 19.3 Å². The maximum absolute atomic E-state index is 13.8. The summed E-state index contributed by atoms with van der Waals surface area (Å²) in [6, 6.07) is 14.9. The third kappa shape index (κ3) is 8.82. The number of aliphatic hydroxyl groups excluding tert-OH is 1. The number of nitrogens with zero attached hydrogens (tertiary/aromatic N) is 1. The summed E-state index contributed by atoms with van der Waals surface area (Å²) < 4.78 is 0. The Morgan fingerprint density at radius 2 is 1.64 bits per heavy atom. The molecule has 3 aliphatic rings. The minimum absolute atomic E-state index is 0.0664. The molecule has 3 atom stereocenters. The van der Waals surface area contributed by atoms with Gasteiger partial charge in [-0.15, -0.1) is 0 Å². The van der Waals surface area contributed by atoms with Crippen molar-refractivity contribution in [1.82, 2.24) is 16.0 Å². The first-order valence-corrected chi connectivity index (χ1v) is 16.6. The van der Waals surface area contributed by atoms with Crippen molar-refractivity contribution in [2.75, 3.05) is 23.3 Å². The average molecular weight is 604 g/mol. The van der Waals surface area contributed by atoms with E-state index in [9.17, 15) is 19.5 Å². The SMILES string of the molecule is CC(NCC(O)C(Cc1ccccc1)NC(=O)c1cc(NC2CCCC2)cc(N2CCCC2=O)c1)C(=O)NC1CCCCC1. The fourth-order valence-corrected chi connectivity index (χ4v) is 6.72. The molecule has 9 nitrogen and oxygen atoms in total. The molecule has 44 heavy (non-hydrogen) atoms. The van der Waals surface area contributed by atoms with Gasteiger partial charge in [0, 0.05) is 48.5 Å². The van der Waals surface area contributed by atoms with Gasteiger partial charge in [0.1, 0.15) is 0 Å². The van der Waals surface area contributed by atoms with Gasteiger partial charge in [0.25, 0.3) is 5.91 Å². The van der Waals surface area contributed by atoms with Gasteiger partial charge < -0.3 is 31.3 Å². The second-order valence-corrected chi connectivity index (χ2v) is 12.9. The van der Waals surface area contributed by atoms with Crippen LogP contribution in [0.25, 0.3) is 0 Å². The summed E-state index contributed by atoms with van der Waals surface area (Å²) in [4.78, 5) is 41.0. The molecule has 238 valence electrons. The number of rotatable bonds is 13. The van der Waals surface area contributed by atoms with Crippen molar-refractivity contribution in [1.29, 1.82) is 0 Å². The molecule has 1 heterocycles. The van der Waals surface area contributed by atoms with E-state index < -0.39 is 18.2 Å². The van der Waals surface area contributed by atoms with E-state index in [-0.39, 0.29) is 30.3 Å². The lowest BCUT2D eigenvalue weighted by atomic mass is 9.95. The maximum atomic E-state index is 13.8. The lowest BCUT2D eigenvalue weighted by molar-refractivity contribution is -0.123. The summed E-state index contributed by atoms with van der Waals surface area (Å²) in [6.45, 7) is 2.59. The smallest absolute Gasteiger partial charge is 0.251 e. The largest absolute Gasteiger partial charge is 0.390 e. The second-order valence-electron chi connectivity index (χ2n) is 12.9. The molecule has 2 saturated carbocycles. The van der Waals surface area contributed by atoms with Gasteiger partial charge in [0.15, 0.2) is 0 Å². The summed E-state index contributed by atoms with van der Waals surface area (Å²) in [7, 11) is 0. The molecular weight excluding hydrogens is 554 g/mol. The molecule has 0 radical (unpaired) electrons. The minimum Gasteiger partial charge on any atom is -0.390 e. The number of hydrogen-bond donors (Lipinski definition) is 5. The fraction of sp³-hybridized carbons (Fsp3) is 0.571. The quantitative estimate of drug-likeness (QED) is 0.233. The first-order valence-electron chi connectivity index (χ1n) is 16.6. The molecule has 5 N–H and O–H groups in total. The van der Waals surface area contributed by atoms with Crippen molar-refractivity contribution >= 4 is 29.1 Å². The lowest BCUT2D eigenvalue weighted by Crippen LogP contribution is -2.53. The first kappa shape index (κ1) is 32.0. The van der Waals surface area contributed by atoms with Crippen LogP contribution >= 0.6 is 0 Å². The molecule has 1 saturated heterocycles. The third-order valence-electron chi connectivity index (χ3n) is 9.35. The zero-order valence-corrected chi connectivity index (χ0v) is 26.0. The van der Waals surface area contributed by atoms with Gasteiger partial charge in [-0.3, -0.25) is 14.4 Å². The number of carbonyl (C=O) groups is 3. The summed E-state index contributed by atoms with van der Waals surface area (Å²) in [5.41, 5.74) is 2.99. The summed E-state index contributed by atoms with van der Waals surface area (Å²) in [6.07, 6.45) is 10.9. The van der Waals surface area contributed by atoms with Crippen LogP contribution in [0.5, 0.6) is 0 Å². The molecule has 0 spiro atoms. The minimum atomic E-state index is -0.941. The predicted octanol–water partition coefficient (Wildman–Crippen LogP) is 4.30. The molecule has 1 aliphatic heterocycles. The van der Waals surface area contributed by atoms with E-state index in [1.807, 2.05) is 42.5 Å². The first-order chi connectivity index (χ1) is 21.4. The van der Waals surface area contributed by atoms with Crippen molar-refractivity contribution in [3.63, 3.8) is 0 Å². The van der Waals surface area contributed by atoms with Crippen molar-refractivity contribution in [3.8, 4) is 0 Å². The zero-order valence-electron chi connectivity index (χ0n) is 26.0. The van der Waals surface area contributed by atoms with E-state index in [4.69, 9.17) is 0 Å². The number of nitrogens with one attached hydrogen (secondary N) is 4. The van der Waals surface area contributed by atoms with Crippen LogP contribution in [-0.4, -0.2) is 66.2 Å². The Kier molecular flexibility index (Phi) is 11.3. The number of benzene rings is 2. The number of amides is 3. The Balaban J connectivity index is 1.29. The summed E-state index contributed by atoms with van der Waals surface area (Å²) in [5, 5.41) is 24.4. The molecule has 3 amide bonds. The number of hydrogen-bond acceptors (Lipinski definition) is 6. The molecule has 2 aromatic rings. The highest BCUT2D eigenvalue weighted by atomic mass is 16.3. The Bertz CT molecular complexity index is 1260. The molecule has 2 aliphatic carbocycles. The number of carbonyl (C=O) groups excluding carboxylic acids is 3. The number of anilines is 2. The van der Waals surface area contributed by atoms with Gasteiger partial charge in [0.2, 0.25) is 11.8 Å². The molecule has 2 aromatic carbocycles. The van der Waals surface area contributed by atoms with Crippen molar-refractivity contribution in [2.45, 2.75) is 114 Å². The van der Waals surface area contributed by atoms with Crippen LogP contribution in [0.3, 0.4) is 0 Å². The normalized spacial score (nSPS) is 19.9. The van der Waals surface area contributed by atoms with Crippen LogP contribution in [0, 0.1) is 0 Å². The van der Waals surface area contributed by atoms with Gasteiger partial charge in [-0.25, -0.2) is 0 Å². The average Bonchev–Trinajstić information content (AvgIpc) is 3.71. The Hall–Kier alpha value is -3.43. The predicted molar refractivity (Wildman–Crippen MR) is 174 cm³/mol. The molecule has 3 unspecified atom stereocenters. The fourth-order valence-electron chi connectivity index (χ4n) is 6.72. The van der Waals surface area contributed by atoms with Crippen LogP contribution in [0.15, 0.2) is 48.5 Å². The monoisotopic (exact) mass is 603 g/mol. The topological polar surface area (TPSA) is 123 Å². The Morgan fingerprint density at radius 3 is 2.34 bits per heavy atom. The van der Waals surface area contributed by atoms with E-state index in [1.54, 1.807) is 17.9 Å². The highest BCUT2D eigenvalue weighted by Gasteiger charge is 2.27. The summed E-state index contributed by atoms with van der Waals surface area (Å²) in [5.74, 6) is -0.307. The molecule has 9 heteroatoms. The van der Waals surface area contributed by atoms with Gasteiger partial charge in [0.05, 0.1) is 18.2 Å². The van der Waals surface area contributed by atoms with Crippen LogP contribution in [0.1, 0.15) is 93.5 Å². The molecule has 3 fully saturated rings. The number of aliphatic hydroxyl groups is 1. The van der Waals surface area contributed by atoms with Crippen molar-refractivity contribution in [3.05, 3.63) is 59.7 Å². The van der Waals surface area contributed by atoms with E-state index in [0.717, 1.165) is 61.9 Å². The molecule has 0 bridgehead atoms. The lowest BCUT2D eigenvalue weighted by Gasteiger charge is -2.28. The highest BCUT2D eigenvalue weighted by molar-refractivity contribution is 6.00. The van der Waals surface area contributed by atoms with Gasteiger partial charge >= 0.3 is 0 Å². The standard InChI is InChI=1S/C35H49N5O4/c1-24(34(43)38-28-13-6-3-7-14-28)36-23-32(41)31(19-25-11-4-2-5-12-25)39-35(44)26-20-29(37-27-15-8-9-16-27)22-30(21-26)40-18-10-17-33(40)42/h2,4-5,11-12,20-22,24,27-28,31-32,36-37,41H,3,6-10,13-19,23H2,1H3,(H,38,43)(H,39,44). The molecule has 0 aromatic heterocycles. The Morgan fingerprint density at radius 1 is 0.932 bits per heavy atom. The second kappa shape index (κ2) is 15.5. The highest BCUT2D eigenvalue weighted by Crippen LogP contribution is 2.29. The van der Waals surface area contributed by atoms with E-state index in [0.29, 0.717) is 31.0 Å². The van der Waals surface area contributed by atoms with E-state index in [2.05, 4.69) is 21.3 Å². The van der Waals surface area contributed by atoms with Gasteiger partial charge in [-0.2, -0.15) is 0 Å². The molecular formula is C35H49N5O4. The van der Waals surface area contributed by atoms with Crippen LogP contribution in [0.4, 0.5) is 11.4 Å². The van der Waals surface area contributed by atoms with E-state index >= 15 is 0 Å². The van der Waals surface area contributed by atoms with Crippen LogP contribution in [-0.2, 0) is 16.0 Å². The van der Waals surface area contributed by atoms with Crippen molar-refractivity contribution < 1.29 is 19.5 Å². The van der Waals surface area contributed by atoms with Crippen LogP contribution in [0.2, 0.25) is 0 Å². The van der Waals surface area contributed by atoms with Crippen LogP contribution < -0.4 is 26.2 Å². The summed E-state index contributed by atoms with van der Waals surface area (Å²) >= 11 is 0.